The van der Waals surface area contributed by atoms with Crippen LogP contribution >= 0.6 is 35.6 Å². The highest BCUT2D eigenvalue weighted by molar-refractivity contribution is 14.0. The molecule has 1 aromatic rings. The fourth-order valence-electron chi connectivity index (χ4n) is 2.36. The Morgan fingerprint density at radius 3 is 2.91 bits per heavy atom. The highest BCUT2D eigenvalue weighted by Gasteiger charge is 2.21. The Labute approximate surface area is 154 Å². The van der Waals surface area contributed by atoms with Crippen molar-refractivity contribution in [1.29, 1.82) is 0 Å². The van der Waals surface area contributed by atoms with Crippen molar-refractivity contribution in [2.24, 2.45) is 10.7 Å². The molecule has 0 aromatic heterocycles. The van der Waals surface area contributed by atoms with E-state index in [9.17, 15) is 0 Å². The van der Waals surface area contributed by atoms with Crippen LogP contribution in [0.1, 0.15) is 32.3 Å². The van der Waals surface area contributed by atoms with Crippen molar-refractivity contribution in [3.63, 3.8) is 0 Å². The van der Waals surface area contributed by atoms with Crippen LogP contribution in [-0.4, -0.2) is 31.8 Å². The molecule has 2 rings (SSSR count). The van der Waals surface area contributed by atoms with E-state index in [4.69, 9.17) is 22.1 Å². The fourth-order valence-corrected chi connectivity index (χ4v) is 2.55. The summed E-state index contributed by atoms with van der Waals surface area (Å²) in [5.74, 6) is 0.473. The summed E-state index contributed by atoms with van der Waals surface area (Å²) in [7, 11) is 0. The van der Waals surface area contributed by atoms with Crippen LogP contribution in [-0.2, 0) is 10.2 Å². The lowest BCUT2D eigenvalue weighted by Crippen LogP contribution is -2.38. The predicted octanol–water partition coefficient (Wildman–Crippen LogP) is 3.32. The highest BCUT2D eigenvalue weighted by atomic mass is 127. The third kappa shape index (κ3) is 5.93. The van der Waals surface area contributed by atoms with E-state index in [1.807, 2.05) is 18.2 Å². The number of aliphatic imine (C=N–C) groups is 1. The zero-order chi connectivity index (χ0) is 15.3. The van der Waals surface area contributed by atoms with Crippen LogP contribution in [0.3, 0.4) is 0 Å². The molecule has 22 heavy (non-hydrogen) atoms. The monoisotopic (exact) mass is 437 g/mol. The molecule has 0 aliphatic carbocycles. The number of hydrogen-bond donors (Lipinski definition) is 2. The van der Waals surface area contributed by atoms with Gasteiger partial charge in [0, 0.05) is 23.6 Å². The van der Waals surface area contributed by atoms with Crippen LogP contribution in [0.25, 0.3) is 0 Å². The van der Waals surface area contributed by atoms with Crippen molar-refractivity contribution in [2.45, 2.75) is 38.2 Å². The summed E-state index contributed by atoms with van der Waals surface area (Å²) in [5.41, 5.74) is 6.97. The summed E-state index contributed by atoms with van der Waals surface area (Å²) in [4.78, 5) is 4.45. The van der Waals surface area contributed by atoms with E-state index in [0.29, 0.717) is 12.5 Å². The van der Waals surface area contributed by atoms with E-state index in [-0.39, 0.29) is 35.5 Å². The summed E-state index contributed by atoms with van der Waals surface area (Å²) in [5, 5.41) is 3.88. The van der Waals surface area contributed by atoms with E-state index in [1.165, 1.54) is 0 Å². The van der Waals surface area contributed by atoms with E-state index in [0.717, 1.165) is 36.6 Å². The number of nitrogens with one attached hydrogen (secondary N) is 1. The Hall–Kier alpha value is -0.530. The van der Waals surface area contributed by atoms with E-state index < -0.39 is 0 Å². The minimum absolute atomic E-state index is 0. The molecule has 124 valence electrons. The third-order valence-corrected chi connectivity index (χ3v) is 4.02. The lowest BCUT2D eigenvalue weighted by atomic mass is 9.85. The van der Waals surface area contributed by atoms with Crippen molar-refractivity contribution >= 4 is 41.5 Å². The number of hydrogen-bond acceptors (Lipinski definition) is 2. The van der Waals surface area contributed by atoms with Gasteiger partial charge in [0.1, 0.15) is 0 Å². The second-order valence-corrected chi connectivity index (χ2v) is 6.55. The van der Waals surface area contributed by atoms with Crippen LogP contribution in [0.4, 0.5) is 0 Å². The number of nitrogens with zero attached hydrogens (tertiary/aromatic N) is 1. The molecule has 0 radical (unpaired) electrons. The van der Waals surface area contributed by atoms with Crippen molar-refractivity contribution in [3.05, 3.63) is 34.9 Å². The lowest BCUT2D eigenvalue weighted by molar-refractivity contribution is 0.114. The maximum Gasteiger partial charge on any atom is 0.188 e. The van der Waals surface area contributed by atoms with Crippen molar-refractivity contribution in [2.75, 3.05) is 19.7 Å². The van der Waals surface area contributed by atoms with Gasteiger partial charge in [0.2, 0.25) is 0 Å². The van der Waals surface area contributed by atoms with Crippen molar-refractivity contribution in [1.82, 2.24) is 5.32 Å². The molecule has 4 nitrogen and oxygen atoms in total. The predicted molar refractivity (Wildman–Crippen MR) is 103 cm³/mol. The van der Waals surface area contributed by atoms with Gasteiger partial charge in [-0.15, -0.1) is 24.0 Å². The number of ether oxygens (including phenoxy) is 1. The van der Waals surface area contributed by atoms with Crippen molar-refractivity contribution < 1.29 is 4.74 Å². The molecule has 0 spiro atoms. The minimum Gasteiger partial charge on any atom is -0.376 e. The zero-order valence-corrected chi connectivity index (χ0v) is 16.2. The first kappa shape index (κ1) is 19.5. The quantitative estimate of drug-likeness (QED) is 0.422. The summed E-state index contributed by atoms with van der Waals surface area (Å²) in [6.45, 7) is 6.46. The summed E-state index contributed by atoms with van der Waals surface area (Å²) in [6, 6.07) is 7.88. The molecule has 1 unspecified atom stereocenters. The molecule has 1 aromatic carbocycles. The van der Waals surface area contributed by atoms with Crippen LogP contribution < -0.4 is 11.1 Å². The molecule has 1 saturated heterocycles. The van der Waals surface area contributed by atoms with Gasteiger partial charge in [-0.1, -0.05) is 37.6 Å². The van der Waals surface area contributed by atoms with Gasteiger partial charge < -0.3 is 15.8 Å². The largest absolute Gasteiger partial charge is 0.376 e. The molecule has 6 heteroatoms. The highest BCUT2D eigenvalue weighted by Crippen LogP contribution is 2.25. The standard InChI is InChI=1S/C16H24ClN3O.HI/c1-16(2,12-5-3-6-13(17)9-12)11-20-15(18)19-10-14-7-4-8-21-14;/h3,5-6,9,14H,4,7-8,10-11H2,1-2H3,(H3,18,19,20);1H. The van der Waals surface area contributed by atoms with E-state index >= 15 is 0 Å². The van der Waals surface area contributed by atoms with Crippen LogP contribution in [0.2, 0.25) is 5.02 Å². The van der Waals surface area contributed by atoms with Gasteiger partial charge in [-0.05, 0) is 30.5 Å². The average Bonchev–Trinajstić information content (AvgIpc) is 2.96. The van der Waals surface area contributed by atoms with Crippen molar-refractivity contribution in [3.8, 4) is 0 Å². The van der Waals surface area contributed by atoms with Gasteiger partial charge in [-0.2, -0.15) is 0 Å². The molecule has 1 aliphatic rings. The van der Waals surface area contributed by atoms with Crippen LogP contribution in [0.5, 0.6) is 0 Å². The molecular weight excluding hydrogens is 413 g/mol. The Kier molecular flexibility index (Phi) is 7.93. The van der Waals surface area contributed by atoms with Gasteiger partial charge in [0.25, 0.3) is 0 Å². The zero-order valence-electron chi connectivity index (χ0n) is 13.1. The van der Waals surface area contributed by atoms with Gasteiger partial charge in [-0.3, -0.25) is 4.99 Å². The Balaban J connectivity index is 0.00000242. The number of halogens is 2. The summed E-state index contributed by atoms with van der Waals surface area (Å²) >= 11 is 6.05. The number of rotatable bonds is 5. The van der Waals surface area contributed by atoms with Gasteiger partial charge in [0.15, 0.2) is 5.96 Å². The van der Waals surface area contributed by atoms with Crippen LogP contribution in [0.15, 0.2) is 29.3 Å². The van der Waals surface area contributed by atoms with E-state index in [1.54, 1.807) is 0 Å². The number of guanidine groups is 1. The summed E-state index contributed by atoms with van der Waals surface area (Å²) in [6.07, 6.45) is 2.49. The Morgan fingerprint density at radius 2 is 2.27 bits per heavy atom. The smallest absolute Gasteiger partial charge is 0.188 e. The molecule has 3 N–H and O–H groups in total. The van der Waals surface area contributed by atoms with Gasteiger partial charge in [-0.25, -0.2) is 0 Å². The molecule has 1 aliphatic heterocycles. The first-order valence-corrected chi connectivity index (χ1v) is 7.76. The first-order chi connectivity index (χ1) is 9.97. The van der Waals surface area contributed by atoms with E-state index in [2.05, 4.69) is 30.2 Å². The van der Waals surface area contributed by atoms with Gasteiger partial charge in [0.05, 0.1) is 12.6 Å². The normalized spacial score (nSPS) is 18.9. The second-order valence-electron chi connectivity index (χ2n) is 6.11. The number of benzene rings is 1. The topological polar surface area (TPSA) is 59.6 Å². The molecule has 0 bridgehead atoms. The maximum absolute atomic E-state index is 6.05. The Bertz CT molecular complexity index is 502. The molecular formula is C16H25ClIN3O. The minimum atomic E-state index is -0.110. The van der Waals surface area contributed by atoms with Crippen LogP contribution in [0, 0.1) is 0 Å². The first-order valence-electron chi connectivity index (χ1n) is 7.39. The maximum atomic E-state index is 6.05. The second kappa shape index (κ2) is 8.93. The lowest BCUT2D eigenvalue weighted by Gasteiger charge is -2.23. The third-order valence-electron chi connectivity index (χ3n) is 3.79. The fraction of sp³-hybridized carbons (Fsp3) is 0.562. The summed E-state index contributed by atoms with van der Waals surface area (Å²) < 4.78 is 5.54. The molecule has 0 amide bonds. The average molecular weight is 438 g/mol. The number of nitrogens with two attached hydrogens (primary N) is 1. The molecule has 1 atom stereocenters. The molecule has 0 saturated carbocycles. The molecule has 1 heterocycles. The SMILES string of the molecule is CC(C)(CN=C(N)NCC1CCCO1)c1cccc(Cl)c1.I. The Morgan fingerprint density at radius 1 is 1.50 bits per heavy atom. The molecule has 1 fully saturated rings. The van der Waals surface area contributed by atoms with Gasteiger partial charge >= 0.3 is 0 Å².